The normalized spacial score (nSPS) is 11.8. The Morgan fingerprint density at radius 1 is 1.30 bits per heavy atom. The van der Waals surface area contributed by atoms with Crippen LogP contribution in [0.25, 0.3) is 0 Å². The molecule has 20 heavy (non-hydrogen) atoms. The van der Waals surface area contributed by atoms with Crippen LogP contribution >= 0.6 is 22.9 Å². The second kappa shape index (κ2) is 7.23. The van der Waals surface area contributed by atoms with Gasteiger partial charge in [-0.15, -0.1) is 11.3 Å². The highest BCUT2D eigenvalue weighted by atomic mass is 35.5. The Balaban J connectivity index is 1.92. The molecular formula is C16H14ClNOS. The lowest BCUT2D eigenvalue weighted by Crippen LogP contribution is -2.10. The average molecular weight is 304 g/mol. The number of ketones is 1. The molecule has 1 aromatic carbocycles. The smallest absolute Gasteiger partial charge is 0.154 e. The monoisotopic (exact) mass is 303 g/mol. The number of hydrogen-bond donors (Lipinski definition) is 0. The fraction of sp³-hybridized carbons (Fsp3) is 0.250. The van der Waals surface area contributed by atoms with E-state index >= 15 is 0 Å². The molecule has 1 heterocycles. The van der Waals surface area contributed by atoms with Crippen molar-refractivity contribution in [2.24, 2.45) is 0 Å². The Morgan fingerprint density at radius 3 is 2.65 bits per heavy atom. The molecule has 2 nitrogen and oxygen atoms in total. The highest BCUT2D eigenvalue weighted by molar-refractivity contribution is 7.09. The molecule has 0 aliphatic heterocycles. The lowest BCUT2D eigenvalue weighted by Gasteiger charge is -2.08. The van der Waals surface area contributed by atoms with E-state index in [0.29, 0.717) is 11.4 Å². The van der Waals surface area contributed by atoms with E-state index in [9.17, 15) is 10.1 Å². The van der Waals surface area contributed by atoms with E-state index in [1.165, 1.54) is 4.88 Å². The van der Waals surface area contributed by atoms with E-state index in [1.807, 2.05) is 11.4 Å². The maximum absolute atomic E-state index is 12.1. The van der Waals surface area contributed by atoms with Gasteiger partial charge in [0.1, 0.15) is 5.92 Å². The molecule has 0 saturated carbocycles. The van der Waals surface area contributed by atoms with Gasteiger partial charge in [0.25, 0.3) is 0 Å². The summed E-state index contributed by atoms with van der Waals surface area (Å²) >= 11 is 7.51. The number of nitrogens with zero attached hydrogens (tertiary/aromatic N) is 1. The van der Waals surface area contributed by atoms with E-state index < -0.39 is 5.92 Å². The Labute approximate surface area is 127 Å². The maximum atomic E-state index is 12.1. The van der Waals surface area contributed by atoms with Crippen LogP contribution in [0.3, 0.4) is 0 Å². The van der Waals surface area contributed by atoms with Crippen molar-refractivity contribution in [1.29, 1.82) is 5.26 Å². The first-order chi connectivity index (χ1) is 9.70. The number of benzene rings is 1. The fourth-order valence-corrected chi connectivity index (χ4v) is 2.90. The number of carbonyl (C=O) groups is 1. The predicted octanol–water partition coefficient (Wildman–Crippen LogP) is 4.60. The molecule has 0 amide bonds. The fourth-order valence-electron chi connectivity index (χ4n) is 2.02. The van der Waals surface area contributed by atoms with Crippen LogP contribution in [-0.2, 0) is 11.2 Å². The van der Waals surface area contributed by atoms with E-state index in [2.05, 4.69) is 12.1 Å². The molecule has 0 saturated heterocycles. The van der Waals surface area contributed by atoms with Crippen molar-refractivity contribution < 1.29 is 4.79 Å². The molecule has 2 aromatic rings. The third kappa shape index (κ3) is 3.93. The Kier molecular flexibility index (Phi) is 5.34. The summed E-state index contributed by atoms with van der Waals surface area (Å²) in [7, 11) is 0. The van der Waals surface area contributed by atoms with Gasteiger partial charge in [0.2, 0.25) is 0 Å². The minimum Gasteiger partial charge on any atom is -0.298 e. The van der Waals surface area contributed by atoms with Gasteiger partial charge in [0.05, 0.1) is 6.07 Å². The molecule has 0 fully saturated rings. The summed E-state index contributed by atoms with van der Waals surface area (Å²) in [4.78, 5) is 13.4. The number of aryl methyl sites for hydroxylation is 1. The zero-order valence-corrected chi connectivity index (χ0v) is 12.5. The molecule has 0 aliphatic carbocycles. The largest absolute Gasteiger partial charge is 0.298 e. The van der Waals surface area contributed by atoms with Gasteiger partial charge in [-0.05, 0) is 42.0 Å². The second-order valence-corrected chi connectivity index (χ2v) is 5.98. The highest BCUT2D eigenvalue weighted by Gasteiger charge is 2.19. The van der Waals surface area contributed by atoms with Gasteiger partial charge in [-0.3, -0.25) is 4.79 Å². The van der Waals surface area contributed by atoms with Crippen molar-refractivity contribution in [1.82, 2.24) is 0 Å². The lowest BCUT2D eigenvalue weighted by atomic mass is 9.93. The molecule has 0 N–H and O–H groups in total. The van der Waals surface area contributed by atoms with Crippen LogP contribution < -0.4 is 0 Å². The topological polar surface area (TPSA) is 40.9 Å². The zero-order valence-electron chi connectivity index (χ0n) is 10.9. The second-order valence-electron chi connectivity index (χ2n) is 4.51. The van der Waals surface area contributed by atoms with E-state index in [1.54, 1.807) is 35.6 Å². The molecule has 0 bridgehead atoms. The molecule has 0 aliphatic rings. The van der Waals surface area contributed by atoms with Crippen LogP contribution in [0.2, 0.25) is 5.02 Å². The summed E-state index contributed by atoms with van der Waals surface area (Å²) in [6.45, 7) is 0. The molecule has 0 spiro atoms. The SMILES string of the molecule is N#CC(C(=O)CCCc1cccs1)c1ccc(Cl)cc1. The predicted molar refractivity (Wildman–Crippen MR) is 82.1 cm³/mol. The molecule has 4 heteroatoms. The van der Waals surface area contributed by atoms with Crippen LogP contribution in [-0.4, -0.2) is 5.78 Å². The Hall–Kier alpha value is -1.63. The summed E-state index contributed by atoms with van der Waals surface area (Å²) < 4.78 is 0. The van der Waals surface area contributed by atoms with Crippen LogP contribution in [0, 0.1) is 11.3 Å². The number of nitriles is 1. The molecule has 1 atom stereocenters. The van der Waals surface area contributed by atoms with Crippen LogP contribution in [0.4, 0.5) is 0 Å². The highest BCUT2D eigenvalue weighted by Crippen LogP contribution is 2.21. The van der Waals surface area contributed by atoms with Crippen molar-refractivity contribution in [3.05, 3.63) is 57.2 Å². The van der Waals surface area contributed by atoms with Gasteiger partial charge in [-0.2, -0.15) is 5.26 Å². The van der Waals surface area contributed by atoms with Gasteiger partial charge < -0.3 is 0 Å². The van der Waals surface area contributed by atoms with Crippen molar-refractivity contribution >= 4 is 28.7 Å². The maximum Gasteiger partial charge on any atom is 0.154 e. The van der Waals surface area contributed by atoms with Gasteiger partial charge in [-0.1, -0.05) is 29.8 Å². The van der Waals surface area contributed by atoms with Crippen molar-refractivity contribution in [2.45, 2.75) is 25.2 Å². The minimum absolute atomic E-state index is 0.0219. The first-order valence-electron chi connectivity index (χ1n) is 6.41. The number of thiophene rings is 1. The number of rotatable bonds is 6. The van der Waals surface area contributed by atoms with Gasteiger partial charge in [0.15, 0.2) is 5.78 Å². The quantitative estimate of drug-likeness (QED) is 0.782. The third-order valence-corrected chi connectivity index (χ3v) is 4.27. The summed E-state index contributed by atoms with van der Waals surface area (Å²) in [6, 6.07) is 13.1. The van der Waals surface area contributed by atoms with Crippen molar-refractivity contribution in [2.75, 3.05) is 0 Å². The van der Waals surface area contributed by atoms with E-state index in [4.69, 9.17) is 11.6 Å². The molecule has 0 radical (unpaired) electrons. The van der Waals surface area contributed by atoms with Crippen molar-refractivity contribution in [3.63, 3.8) is 0 Å². The van der Waals surface area contributed by atoms with Crippen LogP contribution in [0.15, 0.2) is 41.8 Å². The van der Waals surface area contributed by atoms with Crippen LogP contribution in [0.1, 0.15) is 29.2 Å². The molecule has 1 unspecified atom stereocenters. The number of Topliss-reactive ketones (excluding diaryl/α,β-unsaturated/α-hetero) is 1. The molecule has 2 rings (SSSR count). The zero-order chi connectivity index (χ0) is 14.4. The van der Waals surface area contributed by atoms with Gasteiger partial charge in [-0.25, -0.2) is 0 Å². The lowest BCUT2D eigenvalue weighted by molar-refractivity contribution is -0.119. The summed E-state index contributed by atoms with van der Waals surface area (Å²) in [5.41, 5.74) is 0.720. The summed E-state index contributed by atoms with van der Waals surface area (Å²) in [5, 5.41) is 11.8. The number of halogens is 1. The number of hydrogen-bond acceptors (Lipinski definition) is 3. The van der Waals surface area contributed by atoms with Gasteiger partial charge >= 0.3 is 0 Å². The standard InChI is InChI=1S/C16H14ClNOS/c17-13-8-6-12(7-9-13)15(11-18)16(19)5-1-3-14-4-2-10-20-14/h2,4,6-10,15H,1,3,5H2. The molecule has 1 aromatic heterocycles. The first kappa shape index (κ1) is 14.8. The average Bonchev–Trinajstić information content (AvgIpc) is 2.95. The summed E-state index contributed by atoms with van der Waals surface area (Å²) in [6.07, 6.45) is 2.10. The molecule has 102 valence electrons. The molecular weight excluding hydrogens is 290 g/mol. The van der Waals surface area contributed by atoms with E-state index in [-0.39, 0.29) is 5.78 Å². The van der Waals surface area contributed by atoms with E-state index in [0.717, 1.165) is 18.4 Å². The van der Waals surface area contributed by atoms with Gasteiger partial charge in [0, 0.05) is 16.3 Å². The van der Waals surface area contributed by atoms with Crippen molar-refractivity contribution in [3.8, 4) is 6.07 Å². The summed E-state index contributed by atoms with van der Waals surface area (Å²) in [5.74, 6) is -0.706. The third-order valence-electron chi connectivity index (χ3n) is 3.08. The minimum atomic E-state index is -0.685. The Bertz CT molecular complexity index is 598. The Morgan fingerprint density at radius 2 is 2.05 bits per heavy atom. The first-order valence-corrected chi connectivity index (χ1v) is 7.66. The van der Waals surface area contributed by atoms with Crippen LogP contribution in [0.5, 0.6) is 0 Å². The number of carbonyl (C=O) groups excluding carboxylic acids is 1.